The second-order valence-corrected chi connectivity index (χ2v) is 6.78. The largest absolute Gasteiger partial charge is 0.354 e. The zero-order valence-corrected chi connectivity index (χ0v) is 12.9. The number of nitriles is 1. The fourth-order valence-electron chi connectivity index (χ4n) is 3.00. The van der Waals surface area contributed by atoms with Crippen molar-refractivity contribution < 1.29 is 0 Å². The highest BCUT2D eigenvalue weighted by Crippen LogP contribution is 2.28. The molecule has 1 aromatic rings. The highest BCUT2D eigenvalue weighted by atomic mass is 14.9. The van der Waals surface area contributed by atoms with Crippen LogP contribution in [0.3, 0.4) is 0 Å². The van der Waals surface area contributed by atoms with Crippen molar-refractivity contribution in [1.29, 1.82) is 5.26 Å². The number of unbranched alkanes of at least 4 members (excludes halogenated alkanes) is 1. The molecular formula is C17H27N3. The SMILES string of the molecule is CC(C)(C#N)CCCCn1cc2c(c1)C(N)CCCC2. The lowest BCUT2D eigenvalue weighted by Gasteiger charge is -2.14. The van der Waals surface area contributed by atoms with Crippen LogP contribution in [0.25, 0.3) is 0 Å². The third-order valence-electron chi connectivity index (χ3n) is 4.38. The summed E-state index contributed by atoms with van der Waals surface area (Å²) in [5.41, 5.74) is 8.87. The molecule has 2 N–H and O–H groups in total. The minimum Gasteiger partial charge on any atom is -0.354 e. The standard InChI is InChI=1S/C17H27N3/c1-17(2,13-18)9-5-6-10-20-11-14-7-3-4-8-16(19)15(14)12-20/h11-12,16H,3-10,19H2,1-2H3. The lowest BCUT2D eigenvalue weighted by atomic mass is 9.89. The van der Waals surface area contributed by atoms with Crippen LogP contribution >= 0.6 is 0 Å². The molecule has 0 aliphatic heterocycles. The topological polar surface area (TPSA) is 54.7 Å². The van der Waals surface area contributed by atoms with Crippen molar-refractivity contribution in [3.8, 4) is 6.07 Å². The molecule has 0 bridgehead atoms. The molecule has 1 aliphatic carbocycles. The minimum atomic E-state index is -0.184. The molecule has 0 saturated heterocycles. The smallest absolute Gasteiger partial charge is 0.0683 e. The van der Waals surface area contributed by atoms with Gasteiger partial charge >= 0.3 is 0 Å². The quantitative estimate of drug-likeness (QED) is 0.652. The average molecular weight is 273 g/mol. The molecule has 0 aromatic carbocycles. The average Bonchev–Trinajstić information content (AvgIpc) is 2.75. The van der Waals surface area contributed by atoms with Crippen LogP contribution in [0.1, 0.15) is 69.5 Å². The van der Waals surface area contributed by atoms with E-state index in [-0.39, 0.29) is 11.5 Å². The zero-order chi connectivity index (χ0) is 14.6. The Morgan fingerprint density at radius 2 is 2.15 bits per heavy atom. The third kappa shape index (κ3) is 3.86. The Hall–Kier alpha value is -1.27. The third-order valence-corrected chi connectivity index (χ3v) is 4.38. The van der Waals surface area contributed by atoms with E-state index in [0.717, 1.165) is 32.2 Å². The first-order valence-corrected chi connectivity index (χ1v) is 7.87. The van der Waals surface area contributed by atoms with Gasteiger partial charge in [-0.3, -0.25) is 0 Å². The number of aromatic nitrogens is 1. The Bertz CT molecular complexity index is 479. The molecular weight excluding hydrogens is 246 g/mol. The highest BCUT2D eigenvalue weighted by Gasteiger charge is 2.18. The Morgan fingerprint density at radius 1 is 1.35 bits per heavy atom. The van der Waals surface area contributed by atoms with E-state index in [4.69, 9.17) is 11.0 Å². The van der Waals surface area contributed by atoms with E-state index in [2.05, 4.69) is 23.0 Å². The van der Waals surface area contributed by atoms with Crippen LogP contribution in [-0.2, 0) is 13.0 Å². The van der Waals surface area contributed by atoms with Crippen molar-refractivity contribution >= 4 is 0 Å². The summed E-state index contributed by atoms with van der Waals surface area (Å²) in [5.74, 6) is 0. The molecule has 1 aromatic heterocycles. The number of aryl methyl sites for hydroxylation is 2. The molecule has 0 spiro atoms. The van der Waals surface area contributed by atoms with E-state index in [1.54, 1.807) is 0 Å². The molecule has 3 nitrogen and oxygen atoms in total. The van der Waals surface area contributed by atoms with E-state index in [1.165, 1.54) is 30.4 Å². The predicted molar refractivity (Wildman–Crippen MR) is 82.2 cm³/mol. The van der Waals surface area contributed by atoms with Gasteiger partial charge in [-0.05, 0) is 57.1 Å². The van der Waals surface area contributed by atoms with E-state index in [1.807, 2.05) is 13.8 Å². The van der Waals surface area contributed by atoms with Crippen LogP contribution in [0, 0.1) is 16.7 Å². The van der Waals surface area contributed by atoms with Crippen LogP contribution in [-0.4, -0.2) is 4.57 Å². The number of hydrogen-bond acceptors (Lipinski definition) is 2. The summed E-state index contributed by atoms with van der Waals surface area (Å²) in [4.78, 5) is 0. The highest BCUT2D eigenvalue weighted by molar-refractivity contribution is 5.28. The molecule has 20 heavy (non-hydrogen) atoms. The number of nitrogens with two attached hydrogens (primary N) is 1. The molecule has 2 rings (SSSR count). The minimum absolute atomic E-state index is 0.184. The lowest BCUT2D eigenvalue weighted by Crippen LogP contribution is -2.09. The van der Waals surface area contributed by atoms with Crippen LogP contribution < -0.4 is 5.73 Å². The second kappa shape index (κ2) is 6.45. The molecule has 110 valence electrons. The van der Waals surface area contributed by atoms with E-state index in [9.17, 15) is 0 Å². The Morgan fingerprint density at radius 3 is 2.90 bits per heavy atom. The van der Waals surface area contributed by atoms with Gasteiger partial charge in [-0.1, -0.05) is 12.8 Å². The van der Waals surface area contributed by atoms with Gasteiger partial charge in [-0.2, -0.15) is 5.26 Å². The lowest BCUT2D eigenvalue weighted by molar-refractivity contribution is 0.417. The Kier molecular flexibility index (Phi) is 4.88. The summed E-state index contributed by atoms with van der Waals surface area (Å²) < 4.78 is 2.30. The maximum atomic E-state index is 9.01. The van der Waals surface area contributed by atoms with Gasteiger partial charge in [0.1, 0.15) is 0 Å². The van der Waals surface area contributed by atoms with Crippen LogP contribution in [0.2, 0.25) is 0 Å². The van der Waals surface area contributed by atoms with Gasteiger partial charge in [-0.15, -0.1) is 0 Å². The summed E-state index contributed by atoms with van der Waals surface area (Å²) in [6.07, 6.45) is 12.6. The summed E-state index contributed by atoms with van der Waals surface area (Å²) in [6, 6.07) is 2.60. The van der Waals surface area contributed by atoms with Crippen molar-refractivity contribution in [2.75, 3.05) is 0 Å². The number of fused-ring (bicyclic) bond motifs is 1. The van der Waals surface area contributed by atoms with E-state index in [0.29, 0.717) is 0 Å². The monoisotopic (exact) mass is 273 g/mol. The fraction of sp³-hybridized carbons (Fsp3) is 0.706. The Balaban J connectivity index is 1.86. The van der Waals surface area contributed by atoms with Gasteiger partial charge in [0.05, 0.1) is 11.5 Å². The van der Waals surface area contributed by atoms with E-state index < -0.39 is 0 Å². The first-order chi connectivity index (χ1) is 9.52. The Labute approximate surface area is 122 Å². The van der Waals surface area contributed by atoms with Crippen molar-refractivity contribution in [2.45, 2.75) is 71.4 Å². The summed E-state index contributed by atoms with van der Waals surface area (Å²) in [7, 11) is 0. The first-order valence-electron chi connectivity index (χ1n) is 7.87. The van der Waals surface area contributed by atoms with E-state index >= 15 is 0 Å². The van der Waals surface area contributed by atoms with Crippen molar-refractivity contribution in [2.24, 2.45) is 11.1 Å². The van der Waals surface area contributed by atoms with Crippen molar-refractivity contribution in [3.05, 3.63) is 23.5 Å². The van der Waals surface area contributed by atoms with Gasteiger partial charge in [0.15, 0.2) is 0 Å². The maximum Gasteiger partial charge on any atom is 0.0683 e. The van der Waals surface area contributed by atoms with Gasteiger partial charge < -0.3 is 10.3 Å². The number of hydrogen-bond donors (Lipinski definition) is 1. The molecule has 0 fully saturated rings. The number of rotatable bonds is 5. The van der Waals surface area contributed by atoms with Gasteiger partial charge in [0.2, 0.25) is 0 Å². The fourth-order valence-corrected chi connectivity index (χ4v) is 3.00. The van der Waals surface area contributed by atoms with Crippen LogP contribution in [0.15, 0.2) is 12.4 Å². The number of nitrogens with zero attached hydrogens (tertiary/aromatic N) is 2. The van der Waals surface area contributed by atoms with Crippen LogP contribution in [0.5, 0.6) is 0 Å². The predicted octanol–water partition coefficient (Wildman–Crippen LogP) is 3.93. The van der Waals surface area contributed by atoms with Crippen molar-refractivity contribution in [1.82, 2.24) is 4.57 Å². The molecule has 0 radical (unpaired) electrons. The molecule has 1 aliphatic rings. The summed E-state index contributed by atoms with van der Waals surface area (Å²) >= 11 is 0. The summed E-state index contributed by atoms with van der Waals surface area (Å²) in [6.45, 7) is 5.08. The molecule has 1 heterocycles. The maximum absolute atomic E-state index is 9.01. The van der Waals surface area contributed by atoms with Gasteiger partial charge in [0.25, 0.3) is 0 Å². The molecule has 3 heteroatoms. The van der Waals surface area contributed by atoms with Crippen LogP contribution in [0.4, 0.5) is 0 Å². The van der Waals surface area contributed by atoms with Gasteiger partial charge in [-0.25, -0.2) is 0 Å². The summed E-state index contributed by atoms with van der Waals surface area (Å²) in [5, 5.41) is 9.01. The zero-order valence-electron chi connectivity index (χ0n) is 12.9. The second-order valence-electron chi connectivity index (χ2n) is 6.78. The van der Waals surface area contributed by atoms with Gasteiger partial charge in [0, 0.05) is 25.0 Å². The molecule has 0 saturated carbocycles. The molecule has 1 atom stereocenters. The first kappa shape index (κ1) is 15.1. The normalized spacial score (nSPS) is 19.2. The molecule has 0 amide bonds. The van der Waals surface area contributed by atoms with Crippen molar-refractivity contribution in [3.63, 3.8) is 0 Å². The molecule has 1 unspecified atom stereocenters.